The summed E-state index contributed by atoms with van der Waals surface area (Å²) in [5.74, 6) is -0.613. The lowest BCUT2D eigenvalue weighted by molar-refractivity contribution is 0.0760. The number of amides is 1. The smallest absolute Gasteiger partial charge is 0.256 e. The molecule has 0 radical (unpaired) electrons. The summed E-state index contributed by atoms with van der Waals surface area (Å²) in [6.45, 7) is 0.732. The van der Waals surface area contributed by atoms with Crippen LogP contribution in [-0.4, -0.2) is 42.2 Å². The van der Waals surface area contributed by atoms with Crippen LogP contribution in [0.3, 0.4) is 0 Å². The Hall–Kier alpha value is -1.62. The van der Waals surface area contributed by atoms with E-state index in [1.165, 1.54) is 24.1 Å². The first-order valence-corrected chi connectivity index (χ1v) is 5.42. The first kappa shape index (κ1) is 11.9. The van der Waals surface area contributed by atoms with Gasteiger partial charge in [-0.2, -0.15) is 0 Å². The Kier molecular flexibility index (Phi) is 3.28. The van der Waals surface area contributed by atoms with E-state index < -0.39 is 11.9 Å². The van der Waals surface area contributed by atoms with Crippen molar-refractivity contribution >= 4 is 5.91 Å². The van der Waals surface area contributed by atoms with Crippen LogP contribution in [0.2, 0.25) is 0 Å². The fourth-order valence-corrected chi connectivity index (χ4v) is 1.89. The van der Waals surface area contributed by atoms with Crippen molar-refractivity contribution in [2.45, 2.75) is 12.5 Å². The topological polar surface area (TPSA) is 49.8 Å². The molecule has 1 fully saturated rings. The lowest BCUT2D eigenvalue weighted by Gasteiger charge is -2.16. The molecule has 0 unspecified atom stereocenters. The third-order valence-corrected chi connectivity index (χ3v) is 2.86. The number of carbonyl (C=O) groups excluding carboxylic acids is 1. The van der Waals surface area contributed by atoms with E-state index in [0.29, 0.717) is 18.7 Å². The van der Waals surface area contributed by atoms with Gasteiger partial charge in [-0.25, -0.2) is 4.39 Å². The molecule has 1 N–H and O–H groups in total. The summed E-state index contributed by atoms with van der Waals surface area (Å²) in [6, 6.07) is 4.13. The summed E-state index contributed by atoms with van der Waals surface area (Å²) in [5, 5.41) is 9.34. The average Bonchev–Trinajstić information content (AvgIpc) is 2.75. The summed E-state index contributed by atoms with van der Waals surface area (Å²) < 4.78 is 18.5. The number of hydrogen-bond donors (Lipinski definition) is 1. The highest BCUT2D eigenvalue weighted by Crippen LogP contribution is 2.19. The van der Waals surface area contributed by atoms with Gasteiger partial charge in [-0.05, 0) is 18.6 Å². The van der Waals surface area contributed by atoms with Crippen LogP contribution in [0, 0.1) is 5.82 Å². The van der Waals surface area contributed by atoms with E-state index in [9.17, 15) is 14.3 Å². The van der Waals surface area contributed by atoms with Crippen LogP contribution in [0.15, 0.2) is 18.2 Å². The molecule has 1 amide bonds. The van der Waals surface area contributed by atoms with Crippen LogP contribution in [0.1, 0.15) is 16.8 Å². The highest BCUT2D eigenvalue weighted by molar-refractivity contribution is 5.94. The van der Waals surface area contributed by atoms with Gasteiger partial charge >= 0.3 is 0 Å². The fraction of sp³-hybridized carbons (Fsp3) is 0.417. The Balaban J connectivity index is 2.19. The van der Waals surface area contributed by atoms with Gasteiger partial charge < -0.3 is 14.7 Å². The van der Waals surface area contributed by atoms with E-state index in [4.69, 9.17) is 4.74 Å². The number of methoxy groups -OCH3 is 1. The Labute approximate surface area is 98.6 Å². The Morgan fingerprint density at radius 2 is 2.35 bits per heavy atom. The molecule has 4 nitrogen and oxygen atoms in total. The van der Waals surface area contributed by atoms with Gasteiger partial charge in [0.1, 0.15) is 11.6 Å². The van der Waals surface area contributed by atoms with Crippen LogP contribution >= 0.6 is 0 Å². The number of ether oxygens (including phenoxy) is 1. The molecule has 1 atom stereocenters. The number of aliphatic hydroxyl groups is 1. The molecule has 92 valence electrons. The number of carbonyl (C=O) groups is 1. The first-order chi connectivity index (χ1) is 8.11. The largest absolute Gasteiger partial charge is 0.497 e. The molecule has 17 heavy (non-hydrogen) atoms. The van der Waals surface area contributed by atoms with Gasteiger partial charge in [0.25, 0.3) is 5.91 Å². The summed E-state index contributed by atoms with van der Waals surface area (Å²) >= 11 is 0. The van der Waals surface area contributed by atoms with Crippen molar-refractivity contribution in [3.63, 3.8) is 0 Å². The summed E-state index contributed by atoms with van der Waals surface area (Å²) in [5.41, 5.74) is 0.0138. The van der Waals surface area contributed by atoms with E-state index in [2.05, 4.69) is 0 Å². The third-order valence-electron chi connectivity index (χ3n) is 2.86. The summed E-state index contributed by atoms with van der Waals surface area (Å²) in [4.78, 5) is 13.4. The number of benzene rings is 1. The minimum absolute atomic E-state index is 0.0138. The predicted molar refractivity (Wildman–Crippen MR) is 59.5 cm³/mol. The van der Waals surface area contributed by atoms with Gasteiger partial charge in [-0.15, -0.1) is 0 Å². The molecule has 1 aliphatic rings. The monoisotopic (exact) mass is 239 g/mol. The minimum atomic E-state index is -0.601. The van der Waals surface area contributed by atoms with E-state index in [1.54, 1.807) is 6.07 Å². The van der Waals surface area contributed by atoms with Crippen molar-refractivity contribution in [3.8, 4) is 5.75 Å². The molecule has 1 heterocycles. The summed E-state index contributed by atoms with van der Waals surface area (Å²) in [6.07, 6.45) is 0.0454. The van der Waals surface area contributed by atoms with Crippen LogP contribution in [-0.2, 0) is 0 Å². The maximum atomic E-state index is 13.6. The number of halogens is 1. The second-order valence-electron chi connectivity index (χ2n) is 4.04. The maximum Gasteiger partial charge on any atom is 0.256 e. The van der Waals surface area contributed by atoms with E-state index >= 15 is 0 Å². The second kappa shape index (κ2) is 4.71. The first-order valence-electron chi connectivity index (χ1n) is 5.42. The molecule has 0 saturated carbocycles. The van der Waals surface area contributed by atoms with Crippen molar-refractivity contribution in [1.29, 1.82) is 0 Å². The molecule has 1 aromatic rings. The summed E-state index contributed by atoms with van der Waals surface area (Å²) in [7, 11) is 1.44. The van der Waals surface area contributed by atoms with Crippen LogP contribution in [0.5, 0.6) is 5.75 Å². The Morgan fingerprint density at radius 1 is 1.59 bits per heavy atom. The van der Waals surface area contributed by atoms with Gasteiger partial charge in [-0.3, -0.25) is 4.79 Å². The molecule has 5 heteroatoms. The molecular weight excluding hydrogens is 225 g/mol. The average molecular weight is 239 g/mol. The molecule has 1 aliphatic heterocycles. The standard InChI is InChI=1S/C12H14FNO3/c1-17-9-2-3-10(11(13)6-9)12(16)14-5-4-8(15)7-14/h2-3,6,8,15H,4-5,7H2,1H3/t8-/m1/s1. The molecule has 0 aliphatic carbocycles. The van der Waals surface area contributed by atoms with E-state index in [1.807, 2.05) is 0 Å². The number of likely N-dealkylation sites (tertiary alicyclic amines) is 1. The second-order valence-corrected chi connectivity index (χ2v) is 4.04. The minimum Gasteiger partial charge on any atom is -0.497 e. The van der Waals surface area contributed by atoms with E-state index in [-0.39, 0.29) is 18.0 Å². The molecule has 0 spiro atoms. The van der Waals surface area contributed by atoms with Crippen molar-refractivity contribution in [1.82, 2.24) is 4.90 Å². The Bertz CT molecular complexity index is 436. The van der Waals surface area contributed by atoms with Crippen LogP contribution in [0.4, 0.5) is 4.39 Å². The van der Waals surface area contributed by atoms with Gasteiger partial charge in [-0.1, -0.05) is 0 Å². The zero-order chi connectivity index (χ0) is 12.4. The molecule has 1 saturated heterocycles. The number of β-amino-alcohol motifs (C(OH)–C–C–N with tert-alkyl or cyclic N) is 1. The zero-order valence-corrected chi connectivity index (χ0v) is 9.52. The normalized spacial score (nSPS) is 19.5. The molecular formula is C12H14FNO3. The molecule has 1 aromatic carbocycles. The molecule has 0 aromatic heterocycles. The highest BCUT2D eigenvalue weighted by Gasteiger charge is 2.27. The van der Waals surface area contributed by atoms with Crippen LogP contribution < -0.4 is 4.74 Å². The van der Waals surface area contributed by atoms with Gasteiger partial charge in [0.2, 0.25) is 0 Å². The molecule has 0 bridgehead atoms. The lowest BCUT2D eigenvalue weighted by Crippen LogP contribution is -2.30. The van der Waals surface area contributed by atoms with Gasteiger partial charge in [0.05, 0.1) is 18.8 Å². The van der Waals surface area contributed by atoms with Gasteiger partial charge in [0.15, 0.2) is 0 Å². The maximum absolute atomic E-state index is 13.6. The van der Waals surface area contributed by atoms with E-state index in [0.717, 1.165) is 0 Å². The van der Waals surface area contributed by atoms with Gasteiger partial charge in [0, 0.05) is 19.2 Å². The quantitative estimate of drug-likeness (QED) is 0.839. The third kappa shape index (κ3) is 2.39. The number of rotatable bonds is 2. The Morgan fingerprint density at radius 3 is 2.88 bits per heavy atom. The number of hydrogen-bond acceptors (Lipinski definition) is 3. The fourth-order valence-electron chi connectivity index (χ4n) is 1.89. The highest BCUT2D eigenvalue weighted by atomic mass is 19.1. The zero-order valence-electron chi connectivity index (χ0n) is 9.52. The van der Waals surface area contributed by atoms with Crippen LogP contribution in [0.25, 0.3) is 0 Å². The SMILES string of the molecule is COc1ccc(C(=O)N2CC[C@@H](O)C2)c(F)c1. The predicted octanol–water partition coefficient (Wildman–Crippen LogP) is 1.04. The number of aliphatic hydroxyl groups excluding tert-OH is 1. The molecule has 2 rings (SSSR count). The lowest BCUT2D eigenvalue weighted by atomic mass is 10.2. The van der Waals surface area contributed by atoms with Crippen molar-refractivity contribution < 1.29 is 19.0 Å². The van der Waals surface area contributed by atoms with Crippen molar-refractivity contribution in [2.24, 2.45) is 0 Å². The van der Waals surface area contributed by atoms with Crippen molar-refractivity contribution in [3.05, 3.63) is 29.6 Å². The number of nitrogens with zero attached hydrogens (tertiary/aromatic N) is 1. The van der Waals surface area contributed by atoms with Crippen molar-refractivity contribution in [2.75, 3.05) is 20.2 Å².